The molecule has 1 N–H and O–H groups in total. The first-order chi connectivity index (χ1) is 12.0. The second-order valence-electron chi connectivity index (χ2n) is 6.62. The van der Waals surface area contributed by atoms with Crippen molar-refractivity contribution in [1.29, 1.82) is 0 Å². The molecule has 25 heavy (non-hydrogen) atoms. The van der Waals surface area contributed by atoms with Crippen LogP contribution in [0, 0.1) is 0 Å². The first-order valence-electron chi connectivity index (χ1n) is 8.74. The van der Waals surface area contributed by atoms with Crippen LogP contribution in [-0.4, -0.2) is 42.6 Å². The van der Waals surface area contributed by atoms with Crippen LogP contribution < -0.4 is 5.32 Å². The molecule has 1 amide bonds. The van der Waals surface area contributed by atoms with Gasteiger partial charge < -0.3 is 15.0 Å². The van der Waals surface area contributed by atoms with Crippen LogP contribution in [0.3, 0.4) is 0 Å². The lowest BCUT2D eigenvalue weighted by atomic mass is 10.0. The summed E-state index contributed by atoms with van der Waals surface area (Å²) in [6.45, 7) is 1.50. The monoisotopic (exact) mass is 356 g/mol. The van der Waals surface area contributed by atoms with E-state index in [1.54, 1.807) is 11.0 Å². The van der Waals surface area contributed by atoms with E-state index >= 15 is 0 Å². The normalized spacial score (nSPS) is 22.1. The van der Waals surface area contributed by atoms with Crippen molar-refractivity contribution in [3.63, 3.8) is 0 Å². The van der Waals surface area contributed by atoms with Gasteiger partial charge in [-0.15, -0.1) is 0 Å². The zero-order valence-electron chi connectivity index (χ0n) is 14.0. The maximum absolute atomic E-state index is 13.3. The summed E-state index contributed by atoms with van der Waals surface area (Å²) in [7, 11) is 0. The molecule has 1 aliphatic heterocycles. The second-order valence-corrected chi connectivity index (χ2v) is 6.62. The molecule has 0 bridgehead atoms. The number of carbonyl (C=O) groups excluding carboxylic acids is 1. The third-order valence-electron chi connectivity index (χ3n) is 4.92. The minimum absolute atomic E-state index is 0.0145. The summed E-state index contributed by atoms with van der Waals surface area (Å²) in [5.74, 6) is -0.212. The highest BCUT2D eigenvalue weighted by Crippen LogP contribution is 2.34. The van der Waals surface area contributed by atoms with E-state index in [0.29, 0.717) is 19.7 Å². The summed E-state index contributed by atoms with van der Waals surface area (Å²) in [4.78, 5) is 14.5. The molecule has 0 aromatic heterocycles. The number of amides is 1. The Bertz CT molecular complexity index is 594. The van der Waals surface area contributed by atoms with Crippen LogP contribution in [0.2, 0.25) is 0 Å². The molecular weight excluding hydrogens is 333 g/mol. The molecule has 1 saturated heterocycles. The van der Waals surface area contributed by atoms with E-state index in [2.05, 4.69) is 5.32 Å². The van der Waals surface area contributed by atoms with Gasteiger partial charge in [0.2, 0.25) is 0 Å². The molecule has 138 valence electrons. The van der Waals surface area contributed by atoms with Gasteiger partial charge in [0.15, 0.2) is 0 Å². The maximum atomic E-state index is 13.3. The SMILES string of the molecule is O=C(C1CNCCO1)N(Cc1ccccc1C(F)(F)F)C1CCCC1. The van der Waals surface area contributed by atoms with Gasteiger partial charge in [0.25, 0.3) is 5.91 Å². The maximum Gasteiger partial charge on any atom is 0.416 e. The predicted molar refractivity (Wildman–Crippen MR) is 86.9 cm³/mol. The first kappa shape index (κ1) is 18.2. The Labute approximate surface area is 145 Å². The number of hydrogen-bond donors (Lipinski definition) is 1. The van der Waals surface area contributed by atoms with Gasteiger partial charge in [0.05, 0.1) is 12.2 Å². The van der Waals surface area contributed by atoms with Crippen LogP contribution >= 0.6 is 0 Å². The average molecular weight is 356 g/mol. The Balaban J connectivity index is 1.84. The Morgan fingerprint density at radius 1 is 1.24 bits per heavy atom. The fourth-order valence-electron chi connectivity index (χ4n) is 3.63. The summed E-state index contributed by atoms with van der Waals surface area (Å²) >= 11 is 0. The number of halogens is 3. The molecule has 1 aromatic carbocycles. The number of rotatable bonds is 4. The number of nitrogens with one attached hydrogen (secondary N) is 1. The van der Waals surface area contributed by atoms with Crippen LogP contribution in [0.4, 0.5) is 13.2 Å². The predicted octanol–water partition coefficient (Wildman–Crippen LogP) is 2.97. The van der Waals surface area contributed by atoms with Crippen molar-refractivity contribution in [3.05, 3.63) is 35.4 Å². The first-order valence-corrected chi connectivity index (χ1v) is 8.74. The van der Waals surface area contributed by atoms with Crippen molar-refractivity contribution in [3.8, 4) is 0 Å². The lowest BCUT2D eigenvalue weighted by molar-refractivity contribution is -0.149. The lowest BCUT2D eigenvalue weighted by Crippen LogP contribution is -2.51. The van der Waals surface area contributed by atoms with Crippen molar-refractivity contribution < 1.29 is 22.7 Å². The third-order valence-corrected chi connectivity index (χ3v) is 4.92. The van der Waals surface area contributed by atoms with E-state index in [4.69, 9.17) is 4.74 Å². The highest BCUT2D eigenvalue weighted by atomic mass is 19.4. The second kappa shape index (κ2) is 7.74. The number of morpholine rings is 1. The molecule has 1 unspecified atom stereocenters. The third kappa shape index (κ3) is 4.33. The standard InChI is InChI=1S/C18H23F3N2O2/c19-18(20,21)15-8-4-1-5-13(15)12-23(14-6-2-3-7-14)17(24)16-11-22-9-10-25-16/h1,4-5,8,14,16,22H,2-3,6-7,9-12H2. The van der Waals surface area contributed by atoms with Gasteiger partial charge in [-0.2, -0.15) is 13.2 Å². The molecule has 1 atom stereocenters. The largest absolute Gasteiger partial charge is 0.416 e. The minimum Gasteiger partial charge on any atom is -0.366 e. The fourth-order valence-corrected chi connectivity index (χ4v) is 3.63. The molecule has 0 spiro atoms. The van der Waals surface area contributed by atoms with E-state index < -0.39 is 17.8 Å². The quantitative estimate of drug-likeness (QED) is 0.902. The van der Waals surface area contributed by atoms with E-state index in [1.807, 2.05) is 0 Å². The van der Waals surface area contributed by atoms with Gasteiger partial charge in [-0.3, -0.25) is 4.79 Å². The molecule has 1 saturated carbocycles. The van der Waals surface area contributed by atoms with Crippen molar-refractivity contribution in [2.45, 2.75) is 50.6 Å². The molecular formula is C18H23F3N2O2. The highest BCUT2D eigenvalue weighted by molar-refractivity contribution is 5.81. The van der Waals surface area contributed by atoms with Crippen molar-refractivity contribution in [1.82, 2.24) is 10.2 Å². The van der Waals surface area contributed by atoms with Crippen LogP contribution in [-0.2, 0) is 22.3 Å². The van der Waals surface area contributed by atoms with E-state index in [1.165, 1.54) is 12.1 Å². The van der Waals surface area contributed by atoms with Crippen molar-refractivity contribution in [2.75, 3.05) is 19.7 Å². The molecule has 1 heterocycles. The zero-order chi connectivity index (χ0) is 17.9. The molecule has 7 heteroatoms. The molecule has 3 rings (SSSR count). The summed E-state index contributed by atoms with van der Waals surface area (Å²) in [5.41, 5.74) is -0.535. The highest BCUT2D eigenvalue weighted by Gasteiger charge is 2.37. The Kier molecular flexibility index (Phi) is 5.64. The number of ether oxygens (including phenoxy) is 1. The van der Waals surface area contributed by atoms with E-state index in [-0.39, 0.29) is 24.1 Å². The minimum atomic E-state index is -4.43. The fraction of sp³-hybridized carbons (Fsp3) is 0.611. The van der Waals surface area contributed by atoms with Gasteiger partial charge in [0.1, 0.15) is 6.10 Å². The number of alkyl halides is 3. The number of hydrogen-bond acceptors (Lipinski definition) is 3. The summed E-state index contributed by atoms with van der Waals surface area (Å²) in [5, 5.41) is 3.11. The Morgan fingerprint density at radius 3 is 2.60 bits per heavy atom. The molecule has 1 aromatic rings. The average Bonchev–Trinajstić information content (AvgIpc) is 3.13. The number of benzene rings is 1. The van der Waals surface area contributed by atoms with Gasteiger partial charge in [-0.05, 0) is 24.5 Å². The smallest absolute Gasteiger partial charge is 0.366 e. The summed E-state index contributed by atoms with van der Waals surface area (Å²) in [6.07, 6.45) is -1.38. The van der Waals surface area contributed by atoms with Crippen molar-refractivity contribution >= 4 is 5.91 Å². The van der Waals surface area contributed by atoms with Crippen molar-refractivity contribution in [2.24, 2.45) is 0 Å². The van der Waals surface area contributed by atoms with Crippen LogP contribution in [0.1, 0.15) is 36.8 Å². The summed E-state index contributed by atoms with van der Waals surface area (Å²) in [6, 6.07) is 5.48. The van der Waals surface area contributed by atoms with Gasteiger partial charge in [0, 0.05) is 25.7 Å². The van der Waals surface area contributed by atoms with Gasteiger partial charge in [-0.25, -0.2) is 0 Å². The summed E-state index contributed by atoms with van der Waals surface area (Å²) < 4.78 is 45.4. The van der Waals surface area contributed by atoms with Gasteiger partial charge >= 0.3 is 6.18 Å². The number of nitrogens with zero attached hydrogens (tertiary/aromatic N) is 1. The molecule has 0 radical (unpaired) electrons. The van der Waals surface area contributed by atoms with E-state index in [9.17, 15) is 18.0 Å². The Morgan fingerprint density at radius 2 is 1.96 bits per heavy atom. The van der Waals surface area contributed by atoms with Crippen LogP contribution in [0.15, 0.2) is 24.3 Å². The van der Waals surface area contributed by atoms with Crippen LogP contribution in [0.5, 0.6) is 0 Å². The van der Waals surface area contributed by atoms with Gasteiger partial charge in [-0.1, -0.05) is 31.0 Å². The zero-order valence-corrected chi connectivity index (χ0v) is 14.0. The van der Waals surface area contributed by atoms with Crippen LogP contribution in [0.25, 0.3) is 0 Å². The molecule has 2 aliphatic rings. The van der Waals surface area contributed by atoms with E-state index in [0.717, 1.165) is 31.7 Å². The molecule has 2 fully saturated rings. The lowest BCUT2D eigenvalue weighted by Gasteiger charge is -2.34. The molecule has 1 aliphatic carbocycles. The molecule has 4 nitrogen and oxygen atoms in total. The topological polar surface area (TPSA) is 41.6 Å². The Hall–Kier alpha value is -1.60. The number of carbonyl (C=O) groups is 1.